The fourth-order valence-electron chi connectivity index (χ4n) is 3.16. The fraction of sp³-hybridized carbons (Fsp3) is 0.391. The molecule has 1 saturated heterocycles. The van der Waals surface area contributed by atoms with Crippen molar-refractivity contribution in [2.45, 2.75) is 39.7 Å². The minimum Gasteiger partial charge on any atom is -0.326 e. The molecule has 2 aromatic heterocycles. The highest BCUT2D eigenvalue weighted by molar-refractivity contribution is 5.85. The lowest BCUT2D eigenvalue weighted by Crippen LogP contribution is -2.24. The summed E-state index contributed by atoms with van der Waals surface area (Å²) in [6.07, 6.45) is 8.61. The van der Waals surface area contributed by atoms with Gasteiger partial charge in [-0.15, -0.1) is 0 Å². The molecule has 4 rings (SSSR count). The maximum Gasteiger partial charge on any atom is 0.151 e. The molecule has 0 unspecified atom stereocenters. The largest absolute Gasteiger partial charge is 0.326 e. The molecule has 0 bridgehead atoms. The number of nitrogens with zero attached hydrogens (tertiary/aromatic N) is 3. The molecule has 28 heavy (non-hydrogen) atoms. The Kier molecular flexibility index (Phi) is 8.85. The molecule has 0 saturated carbocycles. The molecular weight excluding hydrogens is 348 g/mol. The molecule has 0 radical (unpaired) electrons. The van der Waals surface area contributed by atoms with Crippen LogP contribution in [0.5, 0.6) is 0 Å². The number of rotatable bonds is 3. The maximum atomic E-state index is 10.7. The van der Waals surface area contributed by atoms with Crippen LogP contribution >= 0.6 is 0 Å². The first-order chi connectivity index (χ1) is 13.7. The molecule has 0 atom stereocenters. The second kappa shape index (κ2) is 11.4. The number of aldehydes is 1. The van der Waals surface area contributed by atoms with Crippen molar-refractivity contribution in [2.24, 2.45) is 5.73 Å². The Morgan fingerprint density at radius 2 is 1.75 bits per heavy atom. The SMILES string of the molecule is CC.CN1CCCCC1.NCc1ccc(-n2ccc3cc(C=O)cnc32)cc1. The highest BCUT2D eigenvalue weighted by atomic mass is 16.1. The summed E-state index contributed by atoms with van der Waals surface area (Å²) >= 11 is 0. The van der Waals surface area contributed by atoms with Crippen LogP contribution in [0.15, 0.2) is 48.8 Å². The van der Waals surface area contributed by atoms with Crippen LogP contribution in [0.25, 0.3) is 16.7 Å². The number of likely N-dealkylation sites (tertiary alicyclic amines) is 1. The Morgan fingerprint density at radius 3 is 2.29 bits per heavy atom. The van der Waals surface area contributed by atoms with Crippen molar-refractivity contribution in [1.82, 2.24) is 14.5 Å². The van der Waals surface area contributed by atoms with E-state index >= 15 is 0 Å². The average molecular weight is 381 g/mol. The third-order valence-corrected chi connectivity index (χ3v) is 4.71. The summed E-state index contributed by atoms with van der Waals surface area (Å²) < 4.78 is 1.99. The summed E-state index contributed by atoms with van der Waals surface area (Å²) in [5.74, 6) is 0. The Morgan fingerprint density at radius 1 is 1.07 bits per heavy atom. The zero-order valence-corrected chi connectivity index (χ0v) is 17.3. The number of pyridine rings is 1. The third kappa shape index (κ3) is 5.75. The van der Waals surface area contributed by atoms with E-state index in [2.05, 4.69) is 16.9 Å². The molecule has 5 nitrogen and oxygen atoms in total. The van der Waals surface area contributed by atoms with Crippen LogP contribution in [0.1, 0.15) is 49.0 Å². The van der Waals surface area contributed by atoms with Gasteiger partial charge in [-0.25, -0.2) is 4.98 Å². The highest BCUT2D eigenvalue weighted by Crippen LogP contribution is 2.19. The van der Waals surface area contributed by atoms with Gasteiger partial charge in [0.15, 0.2) is 6.29 Å². The van der Waals surface area contributed by atoms with Crippen molar-refractivity contribution in [3.63, 3.8) is 0 Å². The molecule has 150 valence electrons. The van der Waals surface area contributed by atoms with Crippen molar-refractivity contribution < 1.29 is 4.79 Å². The van der Waals surface area contributed by atoms with Gasteiger partial charge in [-0.2, -0.15) is 0 Å². The topological polar surface area (TPSA) is 64.2 Å². The summed E-state index contributed by atoms with van der Waals surface area (Å²) in [7, 11) is 2.19. The number of carbonyl (C=O) groups is 1. The average Bonchev–Trinajstić information content (AvgIpc) is 3.19. The molecule has 1 fully saturated rings. The molecule has 5 heteroatoms. The number of nitrogens with two attached hydrogens (primary N) is 1. The predicted molar refractivity (Wildman–Crippen MR) is 117 cm³/mol. The van der Waals surface area contributed by atoms with Crippen molar-refractivity contribution in [2.75, 3.05) is 20.1 Å². The van der Waals surface area contributed by atoms with Gasteiger partial charge in [-0.05, 0) is 62.8 Å². The Bertz CT molecular complexity index is 849. The number of aromatic nitrogens is 2. The van der Waals surface area contributed by atoms with Gasteiger partial charge in [-0.3, -0.25) is 4.79 Å². The molecule has 0 spiro atoms. The summed E-state index contributed by atoms with van der Waals surface area (Å²) in [6.45, 7) is 7.17. The summed E-state index contributed by atoms with van der Waals surface area (Å²) in [6, 6.07) is 11.8. The molecule has 0 amide bonds. The lowest BCUT2D eigenvalue weighted by molar-refractivity contribution is 0.112. The normalized spacial score (nSPS) is 13.9. The van der Waals surface area contributed by atoms with Crippen LogP contribution in [0, 0.1) is 0 Å². The minimum atomic E-state index is 0.535. The van der Waals surface area contributed by atoms with E-state index in [0.29, 0.717) is 12.1 Å². The van der Waals surface area contributed by atoms with Gasteiger partial charge in [0.1, 0.15) is 5.65 Å². The standard InChI is InChI=1S/C15H13N3O.C6H13N.C2H6/c16-8-11-1-3-14(4-2-11)18-6-5-13-7-12(10-19)9-17-15(13)18;1-7-5-3-2-4-6-7;1-2/h1-7,9-10H,8,16H2;2-6H2,1H3;1-2H3. The van der Waals surface area contributed by atoms with E-state index < -0.39 is 0 Å². The van der Waals surface area contributed by atoms with Crippen molar-refractivity contribution in [1.29, 1.82) is 0 Å². The first kappa shape index (κ1) is 21.8. The van der Waals surface area contributed by atoms with E-state index in [4.69, 9.17) is 5.73 Å². The number of benzene rings is 1. The second-order valence-corrected chi connectivity index (χ2v) is 6.72. The molecule has 1 aliphatic heterocycles. The minimum absolute atomic E-state index is 0.535. The first-order valence-corrected chi connectivity index (χ1v) is 10.1. The fourth-order valence-corrected chi connectivity index (χ4v) is 3.16. The maximum absolute atomic E-state index is 10.7. The van der Waals surface area contributed by atoms with Crippen LogP contribution in [-0.4, -0.2) is 40.9 Å². The summed E-state index contributed by atoms with van der Waals surface area (Å²) in [5, 5.41) is 0.951. The van der Waals surface area contributed by atoms with Gasteiger partial charge in [0, 0.05) is 35.6 Å². The number of carbonyl (C=O) groups excluding carboxylic acids is 1. The van der Waals surface area contributed by atoms with Gasteiger partial charge < -0.3 is 15.2 Å². The summed E-state index contributed by atoms with van der Waals surface area (Å²) in [4.78, 5) is 17.5. The molecule has 3 heterocycles. The van der Waals surface area contributed by atoms with Gasteiger partial charge >= 0.3 is 0 Å². The van der Waals surface area contributed by atoms with E-state index in [-0.39, 0.29) is 0 Å². The van der Waals surface area contributed by atoms with Crippen molar-refractivity contribution in [3.8, 4) is 5.69 Å². The predicted octanol–water partition coefficient (Wildman–Crippen LogP) is 4.43. The molecular formula is C23H32N4O. The molecule has 1 aromatic carbocycles. The second-order valence-electron chi connectivity index (χ2n) is 6.72. The third-order valence-electron chi connectivity index (χ3n) is 4.71. The monoisotopic (exact) mass is 380 g/mol. The van der Waals surface area contributed by atoms with Gasteiger partial charge in [0.2, 0.25) is 0 Å². The van der Waals surface area contributed by atoms with Crippen molar-refractivity contribution >= 4 is 17.3 Å². The van der Waals surface area contributed by atoms with E-state index in [0.717, 1.165) is 28.6 Å². The number of hydrogen-bond acceptors (Lipinski definition) is 4. The van der Waals surface area contributed by atoms with E-state index in [1.807, 2.05) is 61.0 Å². The Balaban J connectivity index is 0.000000261. The molecule has 1 aliphatic rings. The molecule has 3 aromatic rings. The molecule has 2 N–H and O–H groups in total. The van der Waals surface area contributed by atoms with E-state index in [9.17, 15) is 4.79 Å². The highest BCUT2D eigenvalue weighted by Gasteiger charge is 2.05. The van der Waals surface area contributed by atoms with Crippen LogP contribution in [0.4, 0.5) is 0 Å². The smallest absolute Gasteiger partial charge is 0.151 e. The van der Waals surface area contributed by atoms with Crippen LogP contribution in [-0.2, 0) is 6.54 Å². The van der Waals surface area contributed by atoms with Crippen molar-refractivity contribution in [3.05, 3.63) is 59.9 Å². The van der Waals surface area contributed by atoms with Gasteiger partial charge in [-0.1, -0.05) is 32.4 Å². The first-order valence-electron chi connectivity index (χ1n) is 10.1. The number of piperidine rings is 1. The number of fused-ring (bicyclic) bond motifs is 1. The van der Waals surface area contributed by atoms with Gasteiger partial charge in [0.05, 0.1) is 0 Å². The lowest BCUT2D eigenvalue weighted by atomic mass is 10.1. The van der Waals surface area contributed by atoms with Crippen LogP contribution in [0.3, 0.4) is 0 Å². The zero-order chi connectivity index (χ0) is 20.4. The van der Waals surface area contributed by atoms with E-state index in [1.54, 1.807) is 6.20 Å². The zero-order valence-electron chi connectivity index (χ0n) is 17.3. The Hall–Kier alpha value is -2.50. The summed E-state index contributed by atoms with van der Waals surface area (Å²) in [5.41, 5.74) is 9.13. The quantitative estimate of drug-likeness (QED) is 0.683. The lowest BCUT2D eigenvalue weighted by Gasteiger charge is -2.20. The van der Waals surface area contributed by atoms with E-state index in [1.165, 1.54) is 32.4 Å². The van der Waals surface area contributed by atoms with Crippen LogP contribution < -0.4 is 5.73 Å². The molecule has 0 aliphatic carbocycles. The Labute approximate surface area is 168 Å². The van der Waals surface area contributed by atoms with Crippen LogP contribution in [0.2, 0.25) is 0 Å². The number of hydrogen-bond donors (Lipinski definition) is 1. The van der Waals surface area contributed by atoms with Gasteiger partial charge in [0.25, 0.3) is 0 Å².